The van der Waals surface area contributed by atoms with Crippen molar-refractivity contribution >= 4 is 23.5 Å². The molecule has 0 aromatic heterocycles. The van der Waals surface area contributed by atoms with Crippen molar-refractivity contribution in [2.24, 2.45) is 5.41 Å². The Morgan fingerprint density at radius 1 is 1.12 bits per heavy atom. The first kappa shape index (κ1) is 19.6. The molecule has 0 saturated carbocycles. The second-order valence-corrected chi connectivity index (χ2v) is 6.47. The first-order valence-electron chi connectivity index (χ1n) is 8.76. The monoisotopic (exact) mass is 361 g/mol. The third kappa shape index (κ3) is 3.74. The minimum atomic E-state index is -1.23. The number of nitro groups is 1. The average Bonchev–Trinajstić information content (AvgIpc) is 2.62. The van der Waals surface area contributed by atoms with Crippen LogP contribution in [-0.2, 0) is 16.1 Å². The molecule has 1 heterocycles. The van der Waals surface area contributed by atoms with Crippen LogP contribution in [0.25, 0.3) is 0 Å². The quantitative estimate of drug-likeness (QED) is 0.331. The third-order valence-electron chi connectivity index (χ3n) is 4.85. The number of unbranched alkanes of at least 4 members (excludes halogenated alkanes) is 2. The van der Waals surface area contributed by atoms with Gasteiger partial charge in [0.05, 0.1) is 11.5 Å². The van der Waals surface area contributed by atoms with Gasteiger partial charge >= 0.3 is 6.03 Å². The van der Waals surface area contributed by atoms with Crippen LogP contribution in [-0.4, -0.2) is 27.7 Å². The first-order chi connectivity index (χ1) is 12.4. The van der Waals surface area contributed by atoms with Crippen LogP contribution in [0.1, 0.15) is 51.5 Å². The van der Waals surface area contributed by atoms with Crippen LogP contribution in [0.3, 0.4) is 0 Å². The van der Waals surface area contributed by atoms with E-state index in [0.29, 0.717) is 18.4 Å². The Balaban J connectivity index is 2.23. The van der Waals surface area contributed by atoms with E-state index in [4.69, 9.17) is 0 Å². The number of imide groups is 2. The van der Waals surface area contributed by atoms with Crippen molar-refractivity contribution in [3.8, 4) is 0 Å². The average molecular weight is 361 g/mol. The lowest BCUT2D eigenvalue weighted by Gasteiger charge is -2.39. The molecule has 1 aliphatic heterocycles. The van der Waals surface area contributed by atoms with Gasteiger partial charge in [-0.25, -0.2) is 4.79 Å². The minimum Gasteiger partial charge on any atom is -0.277 e. The molecule has 1 fully saturated rings. The number of urea groups is 1. The maximum absolute atomic E-state index is 13.0. The molecular weight excluding hydrogens is 338 g/mol. The zero-order chi connectivity index (χ0) is 19.3. The van der Waals surface area contributed by atoms with E-state index >= 15 is 0 Å². The van der Waals surface area contributed by atoms with Crippen molar-refractivity contribution < 1.29 is 19.3 Å². The maximum Gasteiger partial charge on any atom is 0.331 e. The van der Waals surface area contributed by atoms with Gasteiger partial charge in [-0.15, -0.1) is 0 Å². The number of nitrogens with one attached hydrogen (secondary N) is 1. The Hall–Kier alpha value is -2.77. The van der Waals surface area contributed by atoms with E-state index < -0.39 is 28.2 Å². The molecule has 140 valence electrons. The largest absolute Gasteiger partial charge is 0.331 e. The van der Waals surface area contributed by atoms with Crippen LogP contribution in [0.4, 0.5) is 10.5 Å². The highest BCUT2D eigenvalue weighted by Gasteiger charge is 2.51. The number of nitrogens with zero attached hydrogens (tertiary/aromatic N) is 2. The van der Waals surface area contributed by atoms with E-state index in [9.17, 15) is 24.5 Å². The molecule has 0 aliphatic carbocycles. The van der Waals surface area contributed by atoms with E-state index in [-0.39, 0.29) is 12.2 Å². The Morgan fingerprint density at radius 3 is 2.31 bits per heavy atom. The second kappa shape index (κ2) is 8.07. The van der Waals surface area contributed by atoms with E-state index in [1.165, 1.54) is 24.3 Å². The predicted octanol–water partition coefficient (Wildman–Crippen LogP) is 3.15. The van der Waals surface area contributed by atoms with Crippen molar-refractivity contribution in [2.75, 3.05) is 0 Å². The molecule has 0 radical (unpaired) electrons. The molecule has 8 nitrogen and oxygen atoms in total. The number of benzene rings is 1. The summed E-state index contributed by atoms with van der Waals surface area (Å²) in [6, 6.07) is 4.89. The van der Waals surface area contributed by atoms with Crippen LogP contribution in [0.15, 0.2) is 24.3 Å². The standard InChI is InChI=1S/C18H23N3O5/c1-3-5-6-11-18(4-2)15(22)19-17(24)20(16(18)23)12-13-7-9-14(10-8-13)21(25)26/h7-10H,3-6,11-12H2,1-2H3,(H,19,22,24). The van der Waals surface area contributed by atoms with Crippen molar-refractivity contribution in [3.63, 3.8) is 0 Å². The van der Waals surface area contributed by atoms with Crippen molar-refractivity contribution in [3.05, 3.63) is 39.9 Å². The fourth-order valence-electron chi connectivity index (χ4n) is 3.17. The number of rotatable bonds is 8. The summed E-state index contributed by atoms with van der Waals surface area (Å²) < 4.78 is 0. The van der Waals surface area contributed by atoms with Crippen LogP contribution >= 0.6 is 0 Å². The van der Waals surface area contributed by atoms with Crippen LogP contribution < -0.4 is 5.32 Å². The Kier molecular flexibility index (Phi) is 6.07. The summed E-state index contributed by atoms with van der Waals surface area (Å²) in [5, 5.41) is 13.0. The lowest BCUT2D eigenvalue weighted by atomic mass is 9.76. The number of non-ortho nitro benzene ring substituents is 1. The summed E-state index contributed by atoms with van der Waals surface area (Å²) in [5.74, 6) is -1.03. The molecule has 26 heavy (non-hydrogen) atoms. The number of hydrogen-bond acceptors (Lipinski definition) is 5. The minimum absolute atomic E-state index is 0.0362. The highest BCUT2D eigenvalue weighted by molar-refractivity contribution is 6.19. The molecule has 1 aromatic rings. The van der Waals surface area contributed by atoms with Gasteiger partial charge in [0.1, 0.15) is 5.41 Å². The molecule has 1 aromatic carbocycles. The summed E-state index contributed by atoms with van der Waals surface area (Å²) in [6.45, 7) is 3.76. The normalized spacial score (nSPS) is 20.2. The topological polar surface area (TPSA) is 110 Å². The molecule has 1 aliphatic rings. The molecule has 2 rings (SSSR count). The molecule has 1 saturated heterocycles. The number of amides is 4. The highest BCUT2D eigenvalue weighted by atomic mass is 16.6. The lowest BCUT2D eigenvalue weighted by molar-refractivity contribution is -0.384. The van der Waals surface area contributed by atoms with Gasteiger partial charge in [-0.2, -0.15) is 0 Å². The molecular formula is C18H23N3O5. The number of hydrogen-bond donors (Lipinski definition) is 1. The zero-order valence-corrected chi connectivity index (χ0v) is 15.0. The van der Waals surface area contributed by atoms with Gasteiger partial charge in [0.15, 0.2) is 0 Å². The van der Waals surface area contributed by atoms with E-state index in [2.05, 4.69) is 5.32 Å². The molecule has 4 amide bonds. The van der Waals surface area contributed by atoms with Crippen LogP contribution in [0.5, 0.6) is 0 Å². The van der Waals surface area contributed by atoms with Gasteiger partial charge in [0, 0.05) is 12.1 Å². The number of nitro benzene ring substituents is 1. The summed E-state index contributed by atoms with van der Waals surface area (Å²) in [7, 11) is 0. The van der Waals surface area contributed by atoms with E-state index in [1.807, 2.05) is 6.92 Å². The van der Waals surface area contributed by atoms with Gasteiger partial charge in [0.25, 0.3) is 5.69 Å². The lowest BCUT2D eigenvalue weighted by Crippen LogP contribution is -2.63. The highest BCUT2D eigenvalue weighted by Crippen LogP contribution is 2.35. The van der Waals surface area contributed by atoms with Gasteiger partial charge in [0.2, 0.25) is 11.8 Å². The molecule has 0 bridgehead atoms. The van der Waals surface area contributed by atoms with E-state index in [0.717, 1.165) is 24.2 Å². The molecule has 1 unspecified atom stereocenters. The second-order valence-electron chi connectivity index (χ2n) is 6.47. The van der Waals surface area contributed by atoms with Crippen LogP contribution in [0.2, 0.25) is 0 Å². The fraction of sp³-hybridized carbons (Fsp3) is 0.500. The third-order valence-corrected chi connectivity index (χ3v) is 4.85. The number of carbonyl (C=O) groups is 3. The molecule has 1 N–H and O–H groups in total. The van der Waals surface area contributed by atoms with Crippen molar-refractivity contribution in [2.45, 2.75) is 52.5 Å². The molecule has 8 heteroatoms. The zero-order valence-electron chi connectivity index (χ0n) is 15.0. The molecule has 0 spiro atoms. The van der Waals surface area contributed by atoms with Crippen molar-refractivity contribution in [1.29, 1.82) is 0 Å². The predicted molar refractivity (Wildman–Crippen MR) is 94.1 cm³/mol. The summed E-state index contributed by atoms with van der Waals surface area (Å²) in [6.07, 6.45) is 3.29. The fourth-order valence-corrected chi connectivity index (χ4v) is 3.17. The first-order valence-corrected chi connectivity index (χ1v) is 8.76. The van der Waals surface area contributed by atoms with Crippen LogP contribution in [0, 0.1) is 15.5 Å². The number of carbonyl (C=O) groups excluding carboxylic acids is 3. The van der Waals surface area contributed by atoms with Gasteiger partial charge in [-0.05, 0) is 18.4 Å². The summed E-state index contributed by atoms with van der Waals surface area (Å²) in [5.41, 5.74) is -0.725. The Bertz CT molecular complexity index is 716. The summed E-state index contributed by atoms with van der Waals surface area (Å²) in [4.78, 5) is 48.9. The van der Waals surface area contributed by atoms with Gasteiger partial charge in [-0.1, -0.05) is 45.2 Å². The number of barbiturate groups is 1. The van der Waals surface area contributed by atoms with E-state index in [1.54, 1.807) is 6.92 Å². The maximum atomic E-state index is 13.0. The van der Waals surface area contributed by atoms with Gasteiger partial charge < -0.3 is 0 Å². The SMILES string of the molecule is CCCCCC1(CC)C(=O)NC(=O)N(Cc2ccc([N+](=O)[O-])cc2)C1=O. The Labute approximate surface area is 151 Å². The van der Waals surface area contributed by atoms with Gasteiger partial charge in [-0.3, -0.25) is 29.9 Å². The molecule has 1 atom stereocenters. The van der Waals surface area contributed by atoms with Crippen molar-refractivity contribution in [1.82, 2.24) is 10.2 Å². The Morgan fingerprint density at radius 2 is 1.77 bits per heavy atom. The summed E-state index contributed by atoms with van der Waals surface area (Å²) >= 11 is 0. The smallest absolute Gasteiger partial charge is 0.277 e.